The van der Waals surface area contributed by atoms with E-state index in [1.165, 1.54) is 82.4 Å². The van der Waals surface area contributed by atoms with E-state index in [4.69, 9.17) is 0 Å². The molecular formula is C87H59N5. The number of hydrogen-bond donors (Lipinski definition) is 0. The summed E-state index contributed by atoms with van der Waals surface area (Å²) in [5.74, 6) is 0. The van der Waals surface area contributed by atoms with Crippen molar-refractivity contribution >= 4 is 112 Å². The highest BCUT2D eigenvalue weighted by atomic mass is 15.2. The molecule has 0 amide bonds. The van der Waals surface area contributed by atoms with Gasteiger partial charge in [-0.25, -0.2) is 0 Å². The average Bonchev–Trinajstić information content (AvgIpc) is 1.47. The molecular weight excluding hydrogens is 1110 g/mol. The Kier molecular flexibility index (Phi) is 12.4. The highest BCUT2D eigenvalue weighted by Gasteiger charge is 2.51. The molecule has 1 spiro atoms. The third kappa shape index (κ3) is 8.26. The number of anilines is 12. The summed E-state index contributed by atoms with van der Waals surface area (Å²) in [5, 5.41) is 7.18. The summed E-state index contributed by atoms with van der Waals surface area (Å²) in [6.07, 6.45) is 0. The highest BCUT2D eigenvalue weighted by Crippen LogP contribution is 2.63. The van der Waals surface area contributed by atoms with Crippen molar-refractivity contribution in [2.45, 2.75) is 5.41 Å². The van der Waals surface area contributed by atoms with Gasteiger partial charge in [0.25, 0.3) is 0 Å². The molecule has 0 atom stereocenters. The van der Waals surface area contributed by atoms with Crippen molar-refractivity contribution in [3.05, 3.63) is 380 Å². The number of fused-ring (bicyclic) bond motifs is 14. The van der Waals surface area contributed by atoms with Crippen LogP contribution in [0.15, 0.2) is 358 Å². The summed E-state index contributed by atoms with van der Waals surface area (Å²) >= 11 is 0. The van der Waals surface area contributed by atoms with E-state index < -0.39 is 5.41 Å². The molecule has 0 unspecified atom stereocenters. The van der Waals surface area contributed by atoms with E-state index in [9.17, 15) is 0 Å². The Hall–Kier alpha value is -12.2. The molecule has 1 aromatic heterocycles. The minimum absolute atomic E-state index is 0.794. The lowest BCUT2D eigenvalue weighted by atomic mass is 9.65. The Morgan fingerprint density at radius 2 is 0.554 bits per heavy atom. The van der Waals surface area contributed by atoms with E-state index in [1.807, 2.05) is 0 Å². The Morgan fingerprint density at radius 3 is 1.03 bits per heavy atom. The van der Waals surface area contributed by atoms with Crippen molar-refractivity contribution in [3.8, 4) is 16.8 Å². The largest absolute Gasteiger partial charge is 0.311 e. The molecule has 0 radical (unpaired) electrons. The van der Waals surface area contributed by atoms with Gasteiger partial charge in [0, 0.05) is 78.4 Å². The zero-order valence-electron chi connectivity index (χ0n) is 50.3. The number of rotatable bonds is 12. The fraction of sp³-hybridized carbons (Fsp3) is 0.0115. The van der Waals surface area contributed by atoms with Crippen molar-refractivity contribution in [2.24, 2.45) is 0 Å². The van der Waals surface area contributed by atoms with Crippen molar-refractivity contribution in [3.63, 3.8) is 0 Å². The second-order valence-corrected chi connectivity index (χ2v) is 24.0. The standard InChI is InChI=1S/C87H59N5/c1-5-28-62(29-6-1)88(63-30-7-2-8-31-63)66-46-50-68(51-47-66)90(82-44-21-26-60-24-13-15-36-72(60)82)70-54-56-74-75-57-55-71(59-81(75)87(80(74)58-70)78-40-18-20-43-85(78)92-84-42-19-17-38-76(84)77-39-23-41-79(87)86(77)92)91(83-45-22-27-61-25-14-16-37-73(61)83)69-52-48-67(49-53-69)89(64-32-9-3-10-33-64)65-34-11-4-12-35-65/h1-59H. The third-order valence-electron chi connectivity index (χ3n) is 19.1. The molecule has 92 heavy (non-hydrogen) atoms. The number of aromatic nitrogens is 1. The van der Waals surface area contributed by atoms with E-state index in [0.29, 0.717) is 0 Å². The normalized spacial score (nSPS) is 12.4. The second kappa shape index (κ2) is 21.6. The Bertz CT molecular complexity index is 5120. The topological polar surface area (TPSA) is 17.9 Å². The fourth-order valence-electron chi connectivity index (χ4n) is 15.2. The number of nitrogens with zero attached hydrogens (tertiary/aromatic N) is 5. The number of para-hydroxylation sites is 7. The quantitative estimate of drug-likeness (QED) is 0.121. The molecule has 1 aliphatic carbocycles. The molecule has 1 aliphatic heterocycles. The smallest absolute Gasteiger partial charge is 0.0756 e. The highest BCUT2D eigenvalue weighted by molar-refractivity contribution is 6.13. The molecule has 16 aromatic rings. The van der Waals surface area contributed by atoms with Gasteiger partial charge in [-0.05, 0) is 190 Å². The minimum atomic E-state index is -0.794. The molecule has 18 rings (SSSR count). The number of hydrogen-bond acceptors (Lipinski definition) is 4. The fourth-order valence-corrected chi connectivity index (χ4v) is 15.2. The van der Waals surface area contributed by atoms with Crippen LogP contribution in [-0.4, -0.2) is 4.57 Å². The number of benzene rings is 15. The van der Waals surface area contributed by atoms with Gasteiger partial charge in [-0.1, -0.05) is 212 Å². The molecule has 432 valence electrons. The van der Waals surface area contributed by atoms with Crippen LogP contribution in [-0.2, 0) is 5.41 Å². The molecule has 2 aliphatic rings. The van der Waals surface area contributed by atoms with Crippen LogP contribution >= 0.6 is 0 Å². The van der Waals surface area contributed by atoms with Crippen molar-refractivity contribution < 1.29 is 0 Å². The van der Waals surface area contributed by atoms with Crippen LogP contribution in [0, 0.1) is 0 Å². The summed E-state index contributed by atoms with van der Waals surface area (Å²) in [5.41, 5.74) is 23.2. The van der Waals surface area contributed by atoms with Gasteiger partial charge < -0.3 is 24.2 Å². The maximum Gasteiger partial charge on any atom is 0.0756 e. The zero-order valence-corrected chi connectivity index (χ0v) is 50.3. The van der Waals surface area contributed by atoms with Gasteiger partial charge >= 0.3 is 0 Å². The van der Waals surface area contributed by atoms with Crippen LogP contribution in [0.4, 0.5) is 68.2 Å². The Balaban J connectivity index is 0.876. The minimum Gasteiger partial charge on any atom is -0.311 e. The van der Waals surface area contributed by atoms with Gasteiger partial charge in [-0.2, -0.15) is 0 Å². The molecule has 0 saturated heterocycles. The van der Waals surface area contributed by atoms with E-state index in [1.54, 1.807) is 0 Å². The van der Waals surface area contributed by atoms with Crippen molar-refractivity contribution in [1.82, 2.24) is 4.57 Å². The van der Waals surface area contributed by atoms with Gasteiger partial charge in [0.2, 0.25) is 0 Å². The van der Waals surface area contributed by atoms with E-state index in [2.05, 4.69) is 382 Å². The lowest BCUT2D eigenvalue weighted by Gasteiger charge is -2.40. The molecule has 2 heterocycles. The van der Waals surface area contributed by atoms with Gasteiger partial charge in [0.1, 0.15) is 0 Å². The first-order chi connectivity index (χ1) is 45.7. The van der Waals surface area contributed by atoms with Gasteiger partial charge in [-0.3, -0.25) is 0 Å². The van der Waals surface area contributed by atoms with Crippen LogP contribution in [0.3, 0.4) is 0 Å². The predicted molar refractivity (Wildman–Crippen MR) is 385 cm³/mol. The lowest BCUT2D eigenvalue weighted by molar-refractivity contribution is 0.748. The van der Waals surface area contributed by atoms with Crippen LogP contribution in [0.25, 0.3) is 60.2 Å². The summed E-state index contributed by atoms with van der Waals surface area (Å²) in [4.78, 5) is 9.63. The summed E-state index contributed by atoms with van der Waals surface area (Å²) < 4.78 is 2.54. The maximum atomic E-state index is 2.54. The first kappa shape index (κ1) is 52.9. The molecule has 5 nitrogen and oxygen atoms in total. The molecule has 0 bridgehead atoms. The zero-order chi connectivity index (χ0) is 60.7. The van der Waals surface area contributed by atoms with Gasteiger partial charge in [0.15, 0.2) is 0 Å². The third-order valence-corrected chi connectivity index (χ3v) is 19.1. The molecule has 0 saturated carbocycles. The average molecular weight is 1170 g/mol. The maximum absolute atomic E-state index is 2.54. The second-order valence-electron chi connectivity index (χ2n) is 24.0. The summed E-state index contributed by atoms with van der Waals surface area (Å²) in [6, 6.07) is 132. The van der Waals surface area contributed by atoms with E-state index in [-0.39, 0.29) is 0 Å². The van der Waals surface area contributed by atoms with E-state index >= 15 is 0 Å². The molecule has 15 aromatic carbocycles. The van der Waals surface area contributed by atoms with Crippen LogP contribution in [0.5, 0.6) is 0 Å². The lowest BCUT2D eigenvalue weighted by Crippen LogP contribution is -2.33. The van der Waals surface area contributed by atoms with Crippen LogP contribution < -0.4 is 19.6 Å². The molecule has 0 fully saturated rings. The summed E-state index contributed by atoms with van der Waals surface area (Å²) in [7, 11) is 0. The van der Waals surface area contributed by atoms with Gasteiger partial charge in [0.05, 0.1) is 33.5 Å². The van der Waals surface area contributed by atoms with Crippen LogP contribution in [0.2, 0.25) is 0 Å². The van der Waals surface area contributed by atoms with Crippen molar-refractivity contribution in [1.29, 1.82) is 0 Å². The SMILES string of the molecule is c1ccc(N(c2ccccc2)c2ccc(N(c3ccc4c(c3)C3(c5cc(N(c6ccc(N(c7ccccc7)c7ccccc7)cc6)c6cccc7ccccc67)ccc5-4)c4ccccc4-n4c5ccccc5c5cccc3c54)c3cccc4ccccc34)cc2)cc1. The van der Waals surface area contributed by atoms with Gasteiger partial charge in [-0.15, -0.1) is 0 Å². The Morgan fingerprint density at radius 1 is 0.217 bits per heavy atom. The van der Waals surface area contributed by atoms with Crippen molar-refractivity contribution in [2.75, 3.05) is 19.6 Å². The Labute approximate surface area is 535 Å². The first-order valence-corrected chi connectivity index (χ1v) is 31.7. The van der Waals surface area contributed by atoms with E-state index in [0.717, 1.165) is 68.2 Å². The monoisotopic (exact) mass is 1170 g/mol. The first-order valence-electron chi connectivity index (χ1n) is 31.7. The predicted octanol–water partition coefficient (Wildman–Crippen LogP) is 23.6. The van der Waals surface area contributed by atoms with Crippen LogP contribution in [0.1, 0.15) is 22.3 Å². The summed E-state index contributed by atoms with van der Waals surface area (Å²) in [6.45, 7) is 0. The molecule has 0 N–H and O–H groups in total. The molecule has 5 heteroatoms.